The van der Waals surface area contributed by atoms with Gasteiger partial charge in [0.05, 0.1) is 12.3 Å². The first-order valence-electron chi connectivity index (χ1n) is 7.11. The minimum absolute atomic E-state index is 0.213. The third-order valence-corrected chi connectivity index (χ3v) is 3.96. The van der Waals surface area contributed by atoms with E-state index in [4.69, 9.17) is 33.9 Å². The molecule has 2 rings (SSSR count). The van der Waals surface area contributed by atoms with E-state index in [1.165, 1.54) is 6.92 Å². The number of carbonyl (C=O) groups excluding carboxylic acids is 1. The molecular weight excluding hydrogens is 332 g/mol. The maximum atomic E-state index is 10.7. The highest BCUT2D eigenvalue weighted by atomic mass is 32.1. The molecule has 1 aromatic heterocycles. The quantitative estimate of drug-likeness (QED) is 0.488. The molecule has 1 N–H and O–H groups in total. The van der Waals surface area contributed by atoms with Gasteiger partial charge in [-0.25, -0.2) is 0 Å². The van der Waals surface area contributed by atoms with Crippen molar-refractivity contribution < 1.29 is 14.3 Å². The molecule has 0 bridgehead atoms. The molecule has 0 aliphatic carbocycles. The summed E-state index contributed by atoms with van der Waals surface area (Å²) in [4.78, 5) is 13.7. The number of hydrogen-bond donors (Lipinski definition) is 1. The van der Waals surface area contributed by atoms with Crippen LogP contribution in [0.25, 0.3) is 11.3 Å². The van der Waals surface area contributed by atoms with E-state index in [1.54, 1.807) is 0 Å². The number of H-pyrrole nitrogens is 1. The molecular formula is C16H18N2O3S2. The Morgan fingerprint density at radius 1 is 1.22 bits per heavy atom. The Hall–Kier alpha value is -1.83. The zero-order valence-corrected chi connectivity index (χ0v) is 14.6. The first-order valence-corrected chi connectivity index (χ1v) is 7.92. The minimum Gasteiger partial charge on any atom is -0.463 e. The number of nitrogens with one attached hydrogen (secondary N) is 1. The van der Waals surface area contributed by atoms with Gasteiger partial charge >= 0.3 is 5.97 Å². The Morgan fingerprint density at radius 3 is 2.57 bits per heavy atom. The number of benzene rings is 1. The van der Waals surface area contributed by atoms with Crippen molar-refractivity contribution in [3.63, 3.8) is 0 Å². The minimum atomic E-state index is -0.324. The molecule has 0 unspecified atom stereocenters. The topological polar surface area (TPSA) is 56.2 Å². The summed E-state index contributed by atoms with van der Waals surface area (Å²) < 4.78 is 13.4. The van der Waals surface area contributed by atoms with Crippen LogP contribution >= 0.6 is 24.4 Å². The van der Waals surface area contributed by atoms with E-state index in [0.29, 0.717) is 16.0 Å². The van der Waals surface area contributed by atoms with Crippen LogP contribution in [0.1, 0.15) is 12.5 Å². The summed E-state index contributed by atoms with van der Waals surface area (Å²) in [5, 5.41) is 0. The van der Waals surface area contributed by atoms with Crippen LogP contribution in [0.3, 0.4) is 0 Å². The predicted molar refractivity (Wildman–Crippen MR) is 93.2 cm³/mol. The van der Waals surface area contributed by atoms with Crippen molar-refractivity contribution in [2.24, 2.45) is 0 Å². The highest BCUT2D eigenvalue weighted by Gasteiger charge is 2.10. The van der Waals surface area contributed by atoms with Gasteiger partial charge in [0.2, 0.25) is 0 Å². The van der Waals surface area contributed by atoms with Crippen molar-refractivity contribution in [1.82, 2.24) is 9.55 Å². The third kappa shape index (κ3) is 4.57. The van der Waals surface area contributed by atoms with E-state index in [1.807, 2.05) is 41.8 Å². The lowest BCUT2D eigenvalue weighted by Gasteiger charge is -2.17. The van der Waals surface area contributed by atoms with Gasteiger partial charge in [0.15, 0.2) is 4.77 Å². The van der Waals surface area contributed by atoms with Crippen LogP contribution in [0.15, 0.2) is 30.3 Å². The fourth-order valence-electron chi connectivity index (χ4n) is 2.16. The van der Waals surface area contributed by atoms with E-state index in [-0.39, 0.29) is 19.3 Å². The fourth-order valence-corrected chi connectivity index (χ4v) is 2.67. The van der Waals surface area contributed by atoms with E-state index < -0.39 is 0 Å². The summed E-state index contributed by atoms with van der Waals surface area (Å²) in [6.07, 6.45) is 0. The van der Waals surface area contributed by atoms with Crippen LogP contribution < -0.4 is 0 Å². The molecule has 0 aliphatic rings. The number of ether oxygens (including phenoxy) is 2. The smallest absolute Gasteiger partial charge is 0.302 e. The van der Waals surface area contributed by atoms with Gasteiger partial charge in [-0.2, -0.15) is 0 Å². The summed E-state index contributed by atoms with van der Waals surface area (Å²) in [6, 6.07) is 9.88. The van der Waals surface area contributed by atoms with E-state index >= 15 is 0 Å². The van der Waals surface area contributed by atoms with Gasteiger partial charge in [0.25, 0.3) is 0 Å². The van der Waals surface area contributed by atoms with Crippen LogP contribution in [-0.4, -0.2) is 28.7 Å². The lowest BCUT2D eigenvalue weighted by Crippen LogP contribution is -2.14. The summed E-state index contributed by atoms with van der Waals surface area (Å²) in [7, 11) is 0. The highest BCUT2D eigenvalue weighted by Crippen LogP contribution is 2.23. The number of esters is 1. The molecule has 0 atom stereocenters. The van der Waals surface area contributed by atoms with Crippen molar-refractivity contribution in [2.75, 3.05) is 13.2 Å². The Kier molecular flexibility index (Phi) is 6.20. The normalized spacial score (nSPS) is 10.5. The molecule has 2 aromatic rings. The van der Waals surface area contributed by atoms with E-state index in [2.05, 4.69) is 4.98 Å². The summed E-state index contributed by atoms with van der Waals surface area (Å²) in [5.41, 5.74) is 2.87. The number of hydrogen-bond acceptors (Lipinski definition) is 5. The molecule has 5 nitrogen and oxygen atoms in total. The average Bonchev–Trinajstić information content (AvgIpc) is 2.52. The van der Waals surface area contributed by atoms with Crippen molar-refractivity contribution in [2.45, 2.75) is 20.6 Å². The maximum Gasteiger partial charge on any atom is 0.302 e. The second-order valence-corrected chi connectivity index (χ2v) is 5.70. The number of nitrogens with zero attached hydrogens (tertiary/aromatic N) is 1. The van der Waals surface area contributed by atoms with Gasteiger partial charge in [0.1, 0.15) is 18.0 Å². The molecule has 1 aromatic carbocycles. The van der Waals surface area contributed by atoms with E-state index in [9.17, 15) is 4.79 Å². The summed E-state index contributed by atoms with van der Waals surface area (Å²) in [5.74, 6) is -0.324. The molecule has 0 fully saturated rings. The Morgan fingerprint density at radius 2 is 1.91 bits per heavy atom. The highest BCUT2D eigenvalue weighted by molar-refractivity contribution is 7.72. The lowest BCUT2D eigenvalue weighted by atomic mass is 10.1. The Labute approximate surface area is 144 Å². The second kappa shape index (κ2) is 8.14. The van der Waals surface area contributed by atoms with Crippen LogP contribution in [-0.2, 0) is 21.0 Å². The molecule has 122 valence electrons. The fraction of sp³-hybridized carbons (Fsp3) is 0.312. The average molecular weight is 350 g/mol. The second-order valence-electron chi connectivity index (χ2n) is 4.90. The molecule has 0 aliphatic heterocycles. The van der Waals surface area contributed by atoms with Gasteiger partial charge in [-0.05, 0) is 24.7 Å². The maximum absolute atomic E-state index is 10.7. The number of aromatic amines is 1. The van der Waals surface area contributed by atoms with Gasteiger partial charge in [-0.15, -0.1) is 0 Å². The van der Waals surface area contributed by atoms with Crippen molar-refractivity contribution >= 4 is 30.4 Å². The van der Waals surface area contributed by atoms with Crippen LogP contribution in [0.4, 0.5) is 0 Å². The predicted octanol–water partition coefficient (Wildman–Crippen LogP) is 3.79. The Bertz CT molecular complexity index is 797. The third-order valence-electron chi connectivity index (χ3n) is 3.23. The first kappa shape index (κ1) is 17.5. The number of aromatic nitrogens is 2. The standard InChI is InChI=1S/C16H18N2O3S2/c1-11-14(13-6-4-3-5-7-13)18(16(23)17-15(11)22)10-20-8-9-21-12(2)19/h3-7H,8-10H2,1-2H3,(H,17,22,23). The van der Waals surface area contributed by atoms with Gasteiger partial charge < -0.3 is 14.5 Å². The van der Waals surface area contributed by atoms with Gasteiger partial charge in [0, 0.05) is 12.5 Å². The van der Waals surface area contributed by atoms with E-state index in [0.717, 1.165) is 16.8 Å². The Balaban J connectivity index is 2.28. The van der Waals surface area contributed by atoms with Gasteiger partial charge in [-0.1, -0.05) is 42.5 Å². The molecule has 23 heavy (non-hydrogen) atoms. The first-order chi connectivity index (χ1) is 11.0. The molecule has 1 heterocycles. The number of rotatable bonds is 6. The van der Waals surface area contributed by atoms with Crippen LogP contribution in [0, 0.1) is 16.3 Å². The summed E-state index contributed by atoms with van der Waals surface area (Å²) in [6.45, 7) is 4.07. The molecule has 0 saturated carbocycles. The van der Waals surface area contributed by atoms with Crippen LogP contribution in [0.5, 0.6) is 0 Å². The SMILES string of the molecule is CC(=O)OCCOCn1c(-c2ccccc2)c(C)c(=S)[nH]c1=S. The molecule has 0 radical (unpaired) electrons. The number of carbonyl (C=O) groups is 1. The lowest BCUT2D eigenvalue weighted by molar-refractivity contribution is -0.142. The zero-order chi connectivity index (χ0) is 16.8. The van der Waals surface area contributed by atoms with Crippen molar-refractivity contribution in [1.29, 1.82) is 0 Å². The zero-order valence-electron chi connectivity index (χ0n) is 13.0. The monoisotopic (exact) mass is 350 g/mol. The molecule has 0 spiro atoms. The molecule has 0 amide bonds. The van der Waals surface area contributed by atoms with Crippen molar-refractivity contribution in [3.8, 4) is 11.3 Å². The van der Waals surface area contributed by atoms with Crippen molar-refractivity contribution in [3.05, 3.63) is 45.3 Å². The largest absolute Gasteiger partial charge is 0.463 e. The van der Waals surface area contributed by atoms with Gasteiger partial charge in [-0.3, -0.25) is 9.36 Å². The van der Waals surface area contributed by atoms with Crippen LogP contribution in [0.2, 0.25) is 0 Å². The summed E-state index contributed by atoms with van der Waals surface area (Å²) >= 11 is 10.7. The molecule has 0 saturated heterocycles. The molecule has 7 heteroatoms.